The second kappa shape index (κ2) is 8.71. The molecule has 138 valence electrons. The van der Waals surface area contributed by atoms with Crippen molar-refractivity contribution < 1.29 is 9.53 Å². The zero-order chi connectivity index (χ0) is 19.4. The Bertz CT molecular complexity index is 936. The van der Waals surface area contributed by atoms with Gasteiger partial charge in [-0.05, 0) is 35.4 Å². The molecule has 1 heterocycles. The zero-order valence-corrected chi connectivity index (χ0v) is 16.8. The number of nitriles is 1. The molecule has 0 bridgehead atoms. The second-order valence-electron chi connectivity index (χ2n) is 5.97. The molecule has 0 fully saturated rings. The van der Waals surface area contributed by atoms with Gasteiger partial charge in [0.15, 0.2) is 0 Å². The lowest BCUT2D eigenvalue weighted by Crippen LogP contribution is -2.30. The molecule has 0 spiro atoms. The molecule has 0 saturated carbocycles. The van der Waals surface area contributed by atoms with Gasteiger partial charge < -0.3 is 10.1 Å². The number of carbonyl (C=O) groups excluding carboxylic acids is 1. The van der Waals surface area contributed by atoms with Gasteiger partial charge in [0.2, 0.25) is 5.91 Å². The van der Waals surface area contributed by atoms with Crippen LogP contribution in [0.5, 0.6) is 5.75 Å². The van der Waals surface area contributed by atoms with Gasteiger partial charge in [-0.1, -0.05) is 41.4 Å². The van der Waals surface area contributed by atoms with Crippen molar-refractivity contribution >= 4 is 40.9 Å². The van der Waals surface area contributed by atoms with E-state index in [1.54, 1.807) is 19.2 Å². The largest absolute Gasteiger partial charge is 0.495 e. The third-order valence-electron chi connectivity index (χ3n) is 4.23. The van der Waals surface area contributed by atoms with Crippen molar-refractivity contribution in [3.63, 3.8) is 0 Å². The Hall–Kier alpha value is -2.13. The van der Waals surface area contributed by atoms with Gasteiger partial charge in [0.25, 0.3) is 0 Å². The van der Waals surface area contributed by atoms with Crippen LogP contribution < -0.4 is 10.1 Å². The number of rotatable bonds is 5. The maximum absolute atomic E-state index is 12.2. The van der Waals surface area contributed by atoms with Gasteiger partial charge in [-0.3, -0.25) is 4.79 Å². The van der Waals surface area contributed by atoms with Gasteiger partial charge >= 0.3 is 0 Å². The van der Waals surface area contributed by atoms with Gasteiger partial charge in [-0.25, -0.2) is 0 Å². The Balaban J connectivity index is 1.89. The number of amides is 1. The van der Waals surface area contributed by atoms with Gasteiger partial charge in [-0.2, -0.15) is 5.26 Å². The molecule has 0 radical (unpaired) electrons. The van der Waals surface area contributed by atoms with Crippen LogP contribution >= 0.6 is 35.0 Å². The number of nitrogens with one attached hydrogen (secondary N) is 1. The van der Waals surface area contributed by atoms with Crippen LogP contribution in [0.15, 0.2) is 53.1 Å². The third kappa shape index (κ3) is 4.59. The van der Waals surface area contributed by atoms with E-state index < -0.39 is 0 Å². The number of halogens is 2. The number of benzene rings is 2. The molecule has 1 amide bonds. The normalized spacial score (nSPS) is 16.7. The number of methoxy groups -OCH3 is 1. The summed E-state index contributed by atoms with van der Waals surface area (Å²) >= 11 is 13.6. The predicted octanol–water partition coefficient (Wildman–Crippen LogP) is 5.27. The fraction of sp³-hybridized carbons (Fsp3) is 0.200. The van der Waals surface area contributed by atoms with Crippen molar-refractivity contribution in [2.75, 3.05) is 7.11 Å². The van der Waals surface area contributed by atoms with Crippen molar-refractivity contribution in [2.24, 2.45) is 0 Å². The first-order valence-corrected chi connectivity index (χ1v) is 9.90. The van der Waals surface area contributed by atoms with Crippen LogP contribution in [0.4, 0.5) is 0 Å². The average Bonchev–Trinajstić information content (AvgIpc) is 2.67. The third-order valence-corrected chi connectivity index (χ3v) is 5.87. The summed E-state index contributed by atoms with van der Waals surface area (Å²) in [5.41, 5.74) is 2.41. The van der Waals surface area contributed by atoms with Crippen LogP contribution in [0.25, 0.3) is 0 Å². The molecule has 7 heteroatoms. The van der Waals surface area contributed by atoms with Crippen LogP contribution in [0.1, 0.15) is 23.5 Å². The highest BCUT2D eigenvalue weighted by molar-refractivity contribution is 8.02. The van der Waals surface area contributed by atoms with Crippen LogP contribution in [0, 0.1) is 11.3 Å². The van der Waals surface area contributed by atoms with E-state index in [1.807, 2.05) is 30.3 Å². The van der Waals surface area contributed by atoms with Gasteiger partial charge in [0.1, 0.15) is 5.75 Å². The Morgan fingerprint density at radius 1 is 1.26 bits per heavy atom. The Morgan fingerprint density at radius 2 is 2.00 bits per heavy atom. The van der Waals surface area contributed by atoms with E-state index in [0.29, 0.717) is 32.1 Å². The summed E-state index contributed by atoms with van der Waals surface area (Å²) in [6.45, 7) is 0. The Morgan fingerprint density at radius 3 is 2.63 bits per heavy atom. The van der Waals surface area contributed by atoms with E-state index in [1.165, 1.54) is 11.8 Å². The van der Waals surface area contributed by atoms with E-state index in [9.17, 15) is 10.1 Å². The first-order valence-electron chi connectivity index (χ1n) is 8.16. The van der Waals surface area contributed by atoms with E-state index in [2.05, 4.69) is 11.4 Å². The summed E-state index contributed by atoms with van der Waals surface area (Å²) in [5.74, 6) is 0.721. The van der Waals surface area contributed by atoms with Crippen LogP contribution in [0.3, 0.4) is 0 Å². The van der Waals surface area contributed by atoms with Crippen molar-refractivity contribution in [1.82, 2.24) is 5.32 Å². The lowest BCUT2D eigenvalue weighted by atomic mass is 9.87. The quantitative estimate of drug-likeness (QED) is 0.717. The second-order valence-corrected chi connectivity index (χ2v) is 7.80. The maximum atomic E-state index is 12.2. The number of allylic oxidation sites excluding steroid dienone is 1. The topological polar surface area (TPSA) is 62.1 Å². The number of hydrogen-bond donors (Lipinski definition) is 1. The molecule has 2 aromatic carbocycles. The summed E-state index contributed by atoms with van der Waals surface area (Å²) in [4.78, 5) is 12.2. The molecule has 0 aromatic heterocycles. The number of carbonyl (C=O) groups is 1. The van der Waals surface area contributed by atoms with Gasteiger partial charge in [-0.15, -0.1) is 11.8 Å². The van der Waals surface area contributed by atoms with E-state index in [0.717, 1.165) is 11.1 Å². The van der Waals surface area contributed by atoms with Crippen molar-refractivity contribution in [1.29, 1.82) is 5.26 Å². The molecular weight excluding hydrogens is 403 g/mol. The summed E-state index contributed by atoms with van der Waals surface area (Å²) in [5, 5.41) is 14.3. The van der Waals surface area contributed by atoms with E-state index >= 15 is 0 Å². The average molecular weight is 419 g/mol. The molecular formula is C20H16Cl2N2O2S. The number of ether oxygens (including phenoxy) is 1. The van der Waals surface area contributed by atoms with Gasteiger partial charge in [0, 0.05) is 23.1 Å². The summed E-state index contributed by atoms with van der Waals surface area (Å²) < 4.78 is 5.18. The zero-order valence-electron chi connectivity index (χ0n) is 14.5. The molecule has 1 atom stereocenters. The van der Waals surface area contributed by atoms with Crippen LogP contribution in [-0.4, -0.2) is 13.0 Å². The van der Waals surface area contributed by atoms with Crippen LogP contribution in [-0.2, 0) is 10.5 Å². The summed E-state index contributed by atoms with van der Waals surface area (Å²) in [6.07, 6.45) is 0.205. The fourth-order valence-electron chi connectivity index (χ4n) is 2.85. The molecule has 1 aliphatic heterocycles. The lowest BCUT2D eigenvalue weighted by molar-refractivity contribution is -0.120. The highest BCUT2D eigenvalue weighted by Gasteiger charge is 2.30. The highest BCUT2D eigenvalue weighted by atomic mass is 35.5. The van der Waals surface area contributed by atoms with E-state index in [4.69, 9.17) is 27.9 Å². The minimum Gasteiger partial charge on any atom is -0.495 e. The molecule has 0 aliphatic carbocycles. The standard InChI is InChI=1S/C20H16Cl2N2O2S/c1-26-18-7-4-13(8-17(18)22)15-9-19(25)24-20(16(15)10-23)27-11-12-2-5-14(21)6-3-12/h2-8,15H,9,11H2,1H3,(H,24,25)/t15-/m0/s1. The Kier molecular flexibility index (Phi) is 6.33. The molecule has 2 aromatic rings. The van der Waals surface area contributed by atoms with Crippen molar-refractivity contribution in [3.05, 3.63) is 74.2 Å². The lowest BCUT2D eigenvalue weighted by Gasteiger charge is -2.25. The highest BCUT2D eigenvalue weighted by Crippen LogP contribution is 2.39. The SMILES string of the molecule is COc1ccc([C@@H]2CC(=O)NC(SCc3ccc(Cl)cc3)=C2C#N)cc1Cl. The predicted molar refractivity (Wildman–Crippen MR) is 109 cm³/mol. The molecule has 0 unspecified atom stereocenters. The monoisotopic (exact) mass is 418 g/mol. The van der Waals surface area contributed by atoms with Crippen molar-refractivity contribution in [2.45, 2.75) is 18.1 Å². The minimum atomic E-state index is -0.333. The first-order chi connectivity index (χ1) is 13.0. The molecule has 1 aliphatic rings. The smallest absolute Gasteiger partial charge is 0.225 e. The molecule has 27 heavy (non-hydrogen) atoms. The number of nitrogens with zero attached hydrogens (tertiary/aromatic N) is 1. The summed E-state index contributed by atoms with van der Waals surface area (Å²) in [6, 6.07) is 15.1. The first kappa shape index (κ1) is 19.6. The van der Waals surface area contributed by atoms with E-state index in [-0.39, 0.29) is 18.2 Å². The number of thioether (sulfide) groups is 1. The molecule has 1 N–H and O–H groups in total. The minimum absolute atomic E-state index is 0.121. The fourth-order valence-corrected chi connectivity index (χ4v) is 4.28. The van der Waals surface area contributed by atoms with Crippen LogP contribution in [0.2, 0.25) is 10.0 Å². The van der Waals surface area contributed by atoms with Crippen molar-refractivity contribution in [3.8, 4) is 11.8 Å². The number of hydrogen-bond acceptors (Lipinski definition) is 4. The maximum Gasteiger partial charge on any atom is 0.225 e. The molecule has 0 saturated heterocycles. The van der Waals surface area contributed by atoms with Gasteiger partial charge in [0.05, 0.1) is 28.8 Å². The Labute approximate surface area is 172 Å². The molecule has 3 rings (SSSR count). The summed E-state index contributed by atoms with van der Waals surface area (Å²) in [7, 11) is 1.54. The molecule has 4 nitrogen and oxygen atoms in total.